The van der Waals surface area contributed by atoms with Crippen LogP contribution in [0.4, 0.5) is 0 Å². The Hall–Kier alpha value is -1.28. The third-order valence-corrected chi connectivity index (χ3v) is 5.26. The molecule has 1 aromatic carbocycles. The van der Waals surface area contributed by atoms with Crippen LogP contribution in [0.2, 0.25) is 0 Å². The number of nitrogens with zero attached hydrogens (tertiary/aromatic N) is 3. The highest BCUT2D eigenvalue weighted by Gasteiger charge is 2.54. The smallest absolute Gasteiger partial charge is 0.163 e. The molecule has 2 fully saturated rings. The molecular weight excluding hydrogens is 330 g/mol. The molecule has 1 unspecified atom stereocenters. The van der Waals surface area contributed by atoms with Gasteiger partial charge in [0.25, 0.3) is 0 Å². The van der Waals surface area contributed by atoms with Gasteiger partial charge in [0.1, 0.15) is 29.8 Å². The minimum Gasteiger partial charge on any atom is -0.394 e. The zero-order valence-electron chi connectivity index (χ0n) is 13.8. The Morgan fingerprint density at radius 2 is 1.92 bits per heavy atom. The highest BCUT2D eigenvalue weighted by atomic mass is 32.2. The maximum Gasteiger partial charge on any atom is 0.163 e. The van der Waals surface area contributed by atoms with E-state index in [0.29, 0.717) is 0 Å². The van der Waals surface area contributed by atoms with Crippen LogP contribution < -0.4 is 0 Å². The molecule has 0 spiro atoms. The van der Waals surface area contributed by atoms with Crippen molar-refractivity contribution < 1.29 is 19.3 Å². The van der Waals surface area contributed by atoms with Gasteiger partial charge in [-0.3, -0.25) is 0 Å². The van der Waals surface area contributed by atoms with Crippen LogP contribution in [0.25, 0.3) is 10.4 Å². The van der Waals surface area contributed by atoms with E-state index in [9.17, 15) is 5.11 Å². The van der Waals surface area contributed by atoms with E-state index < -0.39 is 35.6 Å². The van der Waals surface area contributed by atoms with Gasteiger partial charge in [0, 0.05) is 9.81 Å². The standard InChI is InChI=1S/C16H21N3O4S/c1-9-4-6-10(7-5-9)24-15-12(18-19-17)14-13(11(8-20)21-15)22-16(2,3)23-14/h4-7,11-15,20H,8H2,1-3H3/t11-,12-,13+,14-,15?/m1/s1. The van der Waals surface area contributed by atoms with E-state index in [2.05, 4.69) is 10.0 Å². The Labute approximate surface area is 144 Å². The van der Waals surface area contributed by atoms with Crippen LogP contribution in [0.5, 0.6) is 0 Å². The van der Waals surface area contributed by atoms with Crippen molar-refractivity contribution in [3.05, 3.63) is 40.3 Å². The molecule has 2 aliphatic heterocycles. The summed E-state index contributed by atoms with van der Waals surface area (Å²) < 4.78 is 17.8. The van der Waals surface area contributed by atoms with Gasteiger partial charge < -0.3 is 19.3 Å². The summed E-state index contributed by atoms with van der Waals surface area (Å²) in [6.07, 6.45) is -1.44. The number of benzene rings is 1. The Kier molecular flexibility index (Phi) is 5.05. The van der Waals surface area contributed by atoms with Crippen molar-refractivity contribution in [1.82, 2.24) is 0 Å². The minimum absolute atomic E-state index is 0.186. The van der Waals surface area contributed by atoms with Gasteiger partial charge in [-0.25, -0.2) is 0 Å². The van der Waals surface area contributed by atoms with Crippen LogP contribution in [-0.4, -0.2) is 47.3 Å². The molecule has 24 heavy (non-hydrogen) atoms. The van der Waals surface area contributed by atoms with Crippen molar-refractivity contribution in [2.24, 2.45) is 5.11 Å². The lowest BCUT2D eigenvalue weighted by molar-refractivity contribution is -0.159. The summed E-state index contributed by atoms with van der Waals surface area (Å²) in [6, 6.07) is 7.46. The number of ether oxygens (including phenoxy) is 3. The first-order chi connectivity index (χ1) is 11.4. The summed E-state index contributed by atoms with van der Waals surface area (Å²) in [7, 11) is 0. The Balaban J connectivity index is 1.87. The summed E-state index contributed by atoms with van der Waals surface area (Å²) in [4.78, 5) is 3.96. The fraction of sp³-hybridized carbons (Fsp3) is 0.625. The third kappa shape index (κ3) is 3.54. The summed E-state index contributed by atoms with van der Waals surface area (Å²) in [6.45, 7) is 5.44. The number of fused-ring (bicyclic) bond motifs is 1. The van der Waals surface area contributed by atoms with Crippen molar-refractivity contribution in [1.29, 1.82) is 0 Å². The third-order valence-electron chi connectivity index (χ3n) is 4.09. The summed E-state index contributed by atoms with van der Waals surface area (Å²) >= 11 is 1.46. The zero-order valence-corrected chi connectivity index (χ0v) is 14.6. The molecule has 0 aromatic heterocycles. The summed E-state index contributed by atoms with van der Waals surface area (Å²) in [5, 5.41) is 13.6. The van der Waals surface area contributed by atoms with E-state index in [4.69, 9.17) is 19.7 Å². The average molecular weight is 351 g/mol. The molecule has 0 aliphatic carbocycles. The first-order valence-electron chi connectivity index (χ1n) is 7.83. The van der Waals surface area contributed by atoms with Gasteiger partial charge in [0.15, 0.2) is 5.79 Å². The van der Waals surface area contributed by atoms with E-state index in [1.54, 1.807) is 13.8 Å². The monoisotopic (exact) mass is 351 g/mol. The number of aliphatic hydroxyl groups is 1. The molecule has 0 bridgehead atoms. The molecule has 1 N–H and O–H groups in total. The van der Waals surface area contributed by atoms with Crippen LogP contribution in [0.1, 0.15) is 19.4 Å². The minimum atomic E-state index is -0.807. The van der Waals surface area contributed by atoms with Crippen LogP contribution in [0.3, 0.4) is 0 Å². The molecule has 0 saturated carbocycles. The highest BCUT2D eigenvalue weighted by Crippen LogP contribution is 2.42. The lowest BCUT2D eigenvalue weighted by atomic mass is 9.99. The van der Waals surface area contributed by atoms with E-state index in [-0.39, 0.29) is 6.61 Å². The van der Waals surface area contributed by atoms with E-state index >= 15 is 0 Å². The predicted octanol–water partition coefficient (Wildman–Crippen LogP) is 3.00. The van der Waals surface area contributed by atoms with Crippen molar-refractivity contribution in [2.75, 3.05) is 6.61 Å². The van der Waals surface area contributed by atoms with Crippen molar-refractivity contribution in [3.63, 3.8) is 0 Å². The number of azide groups is 1. The second kappa shape index (κ2) is 6.92. The molecule has 2 saturated heterocycles. The maximum atomic E-state index is 9.67. The molecule has 7 nitrogen and oxygen atoms in total. The topological polar surface area (TPSA) is 96.7 Å². The fourth-order valence-corrected chi connectivity index (χ4v) is 4.14. The molecule has 0 amide bonds. The van der Waals surface area contributed by atoms with Crippen LogP contribution in [-0.2, 0) is 14.2 Å². The van der Waals surface area contributed by atoms with Gasteiger partial charge in [0.2, 0.25) is 0 Å². The van der Waals surface area contributed by atoms with Gasteiger partial charge in [-0.05, 0) is 38.4 Å². The fourth-order valence-electron chi connectivity index (χ4n) is 3.03. The molecule has 3 rings (SSSR count). The quantitative estimate of drug-likeness (QED) is 0.511. The molecule has 8 heteroatoms. The van der Waals surface area contributed by atoms with E-state index in [0.717, 1.165) is 10.5 Å². The molecule has 2 heterocycles. The van der Waals surface area contributed by atoms with Gasteiger partial charge in [-0.1, -0.05) is 34.6 Å². The lowest BCUT2D eigenvalue weighted by Gasteiger charge is -2.39. The van der Waals surface area contributed by atoms with Gasteiger partial charge >= 0.3 is 0 Å². The second-order valence-electron chi connectivity index (χ2n) is 6.42. The SMILES string of the molecule is Cc1ccc(SC2O[C@H](CO)[C@@H]3OC(C)(C)O[C@@H]3[C@H]2N=[N+]=[N-])cc1. The average Bonchev–Trinajstić information content (AvgIpc) is 2.87. The maximum absolute atomic E-state index is 9.67. The van der Waals surface area contributed by atoms with Crippen molar-refractivity contribution in [2.45, 2.75) is 61.2 Å². The number of hydrogen-bond donors (Lipinski definition) is 1. The Morgan fingerprint density at radius 3 is 2.54 bits per heavy atom. The first kappa shape index (κ1) is 17.5. The Bertz CT molecular complexity index is 633. The van der Waals surface area contributed by atoms with E-state index in [1.807, 2.05) is 31.2 Å². The normalized spacial score (nSPS) is 34.4. The van der Waals surface area contributed by atoms with Crippen molar-refractivity contribution in [3.8, 4) is 0 Å². The van der Waals surface area contributed by atoms with Gasteiger partial charge in [-0.2, -0.15) is 0 Å². The first-order valence-corrected chi connectivity index (χ1v) is 8.71. The molecule has 1 aromatic rings. The second-order valence-corrected chi connectivity index (χ2v) is 7.59. The van der Waals surface area contributed by atoms with Crippen LogP contribution in [0, 0.1) is 6.92 Å². The lowest BCUT2D eigenvalue weighted by Crippen LogP contribution is -2.55. The summed E-state index contributed by atoms with van der Waals surface area (Å²) in [5.74, 6) is -0.807. The van der Waals surface area contributed by atoms with E-state index in [1.165, 1.54) is 11.8 Å². The molecule has 130 valence electrons. The summed E-state index contributed by atoms with van der Waals surface area (Å²) in [5.41, 5.74) is 9.67. The number of aliphatic hydroxyl groups excluding tert-OH is 1. The van der Waals surface area contributed by atoms with Gasteiger partial charge in [0.05, 0.1) is 6.61 Å². The predicted molar refractivity (Wildman–Crippen MR) is 89.5 cm³/mol. The van der Waals surface area contributed by atoms with Crippen LogP contribution in [0.15, 0.2) is 34.3 Å². The molecule has 5 atom stereocenters. The number of hydrogen-bond acceptors (Lipinski definition) is 6. The highest BCUT2D eigenvalue weighted by molar-refractivity contribution is 7.99. The zero-order chi connectivity index (χ0) is 17.3. The molecule has 0 radical (unpaired) electrons. The number of rotatable bonds is 4. The van der Waals surface area contributed by atoms with Gasteiger partial charge in [-0.15, -0.1) is 0 Å². The Morgan fingerprint density at radius 1 is 1.25 bits per heavy atom. The number of aryl methyl sites for hydroxylation is 1. The molecule has 2 aliphatic rings. The number of thioether (sulfide) groups is 1. The molecular formula is C16H21N3O4S. The van der Waals surface area contributed by atoms with Crippen LogP contribution >= 0.6 is 11.8 Å². The largest absolute Gasteiger partial charge is 0.394 e. The van der Waals surface area contributed by atoms with Crippen molar-refractivity contribution >= 4 is 11.8 Å².